The molecule has 0 saturated carbocycles. The molecule has 2 aliphatic rings. The van der Waals surface area contributed by atoms with Gasteiger partial charge in [-0.3, -0.25) is 9.59 Å². The van der Waals surface area contributed by atoms with Gasteiger partial charge in [-0.1, -0.05) is 12.1 Å². The number of carbonyl (C=O) groups excluding carboxylic acids is 2. The van der Waals surface area contributed by atoms with Crippen LogP contribution >= 0.6 is 0 Å². The minimum atomic E-state index is -0.349. The Morgan fingerprint density at radius 1 is 1.09 bits per heavy atom. The first kappa shape index (κ1) is 23.0. The maximum absolute atomic E-state index is 13.2. The Labute approximate surface area is 202 Å². The Balaban J connectivity index is 1.18. The molecule has 1 saturated heterocycles. The number of piperidine rings is 1. The fourth-order valence-electron chi connectivity index (χ4n) is 4.60. The Kier molecular flexibility index (Phi) is 6.50. The summed E-state index contributed by atoms with van der Waals surface area (Å²) in [6.07, 6.45) is 2.70. The van der Waals surface area contributed by atoms with E-state index in [2.05, 4.69) is 10.3 Å². The average molecular weight is 479 g/mol. The number of nitrogens with zero attached hydrogens (tertiary/aromatic N) is 3. The van der Waals surface area contributed by atoms with Crippen molar-refractivity contribution < 1.29 is 23.5 Å². The summed E-state index contributed by atoms with van der Waals surface area (Å²) >= 11 is 0. The fraction of sp³-hybridized carbons (Fsp3) is 0.346. The molecular weight excluding hydrogens is 451 g/mol. The molecule has 9 heteroatoms. The van der Waals surface area contributed by atoms with Crippen molar-refractivity contribution >= 4 is 17.5 Å². The van der Waals surface area contributed by atoms with E-state index < -0.39 is 0 Å². The molecule has 8 nitrogen and oxygen atoms in total. The van der Waals surface area contributed by atoms with Crippen LogP contribution in [-0.2, 0) is 22.7 Å². The second-order valence-electron chi connectivity index (χ2n) is 8.83. The van der Waals surface area contributed by atoms with E-state index in [-0.39, 0.29) is 29.7 Å². The van der Waals surface area contributed by atoms with Gasteiger partial charge in [-0.2, -0.15) is 0 Å². The van der Waals surface area contributed by atoms with Gasteiger partial charge in [-0.25, -0.2) is 9.37 Å². The predicted molar refractivity (Wildman–Crippen MR) is 126 cm³/mol. The van der Waals surface area contributed by atoms with Crippen LogP contribution in [0.3, 0.4) is 0 Å². The average Bonchev–Trinajstić information content (AvgIpc) is 3.33. The number of hydrogen-bond acceptors (Lipinski definition) is 5. The zero-order chi connectivity index (χ0) is 24.4. The maximum Gasteiger partial charge on any atom is 0.274 e. The lowest BCUT2D eigenvalue weighted by atomic mass is 9.95. The van der Waals surface area contributed by atoms with Crippen LogP contribution in [0, 0.1) is 11.7 Å². The van der Waals surface area contributed by atoms with Gasteiger partial charge in [0.2, 0.25) is 5.91 Å². The molecule has 1 N–H and O–H groups in total. The zero-order valence-electron chi connectivity index (χ0n) is 19.4. The molecule has 3 heterocycles. The molecule has 2 aliphatic heterocycles. The lowest BCUT2D eigenvalue weighted by molar-refractivity contribution is -0.121. The standard InChI is InChI=1S/C26H27FN4O4/c1-34-21-8-2-17(3-9-21)23-14-31-16-28-24(22(31)15-35-23)26(33)30-12-10-18(11-13-30)25(32)29-20-6-4-19(27)5-7-20/h2-9,16,18,23H,10-15H2,1H3,(H,29,32)/t23-/m0/s1. The number of hydrogen-bond donors (Lipinski definition) is 1. The van der Waals surface area contributed by atoms with Crippen LogP contribution in [0.4, 0.5) is 10.1 Å². The summed E-state index contributed by atoms with van der Waals surface area (Å²) in [5.41, 5.74) is 2.79. The van der Waals surface area contributed by atoms with E-state index in [0.717, 1.165) is 17.0 Å². The Hall–Kier alpha value is -3.72. The van der Waals surface area contributed by atoms with Crippen molar-refractivity contribution in [3.8, 4) is 5.75 Å². The molecule has 2 aromatic carbocycles. The lowest BCUT2D eigenvalue weighted by Gasteiger charge is -2.31. The molecule has 2 amide bonds. The Morgan fingerprint density at radius 2 is 1.80 bits per heavy atom. The molecule has 1 atom stereocenters. The van der Waals surface area contributed by atoms with Crippen LogP contribution in [0.15, 0.2) is 54.9 Å². The van der Waals surface area contributed by atoms with Crippen molar-refractivity contribution in [1.29, 1.82) is 0 Å². The van der Waals surface area contributed by atoms with Crippen LogP contribution in [0.1, 0.15) is 40.7 Å². The number of likely N-dealkylation sites (tertiary alicyclic amines) is 1. The van der Waals surface area contributed by atoms with Crippen molar-refractivity contribution in [2.24, 2.45) is 5.92 Å². The largest absolute Gasteiger partial charge is 0.497 e. The summed E-state index contributed by atoms with van der Waals surface area (Å²) in [5.74, 6) is -0.00675. The molecular formula is C26H27FN4O4. The molecule has 35 heavy (non-hydrogen) atoms. The number of halogens is 1. The van der Waals surface area contributed by atoms with Gasteiger partial charge in [0.25, 0.3) is 5.91 Å². The van der Waals surface area contributed by atoms with Crippen LogP contribution in [0.5, 0.6) is 5.75 Å². The molecule has 0 bridgehead atoms. The van der Waals surface area contributed by atoms with Gasteiger partial charge in [0.15, 0.2) is 5.69 Å². The number of benzene rings is 2. The number of aromatic nitrogens is 2. The van der Waals surface area contributed by atoms with E-state index in [1.54, 1.807) is 18.3 Å². The van der Waals surface area contributed by atoms with Crippen molar-refractivity contribution in [2.45, 2.75) is 32.1 Å². The third-order valence-electron chi connectivity index (χ3n) is 6.68. The topological polar surface area (TPSA) is 85.7 Å². The summed E-state index contributed by atoms with van der Waals surface area (Å²) in [4.78, 5) is 31.9. The zero-order valence-corrected chi connectivity index (χ0v) is 19.4. The highest BCUT2D eigenvalue weighted by atomic mass is 19.1. The van der Waals surface area contributed by atoms with Crippen LogP contribution < -0.4 is 10.1 Å². The normalized spacial score (nSPS) is 18.1. The molecule has 1 fully saturated rings. The molecule has 182 valence electrons. The van der Waals surface area contributed by atoms with Gasteiger partial charge in [0.05, 0.1) is 32.3 Å². The van der Waals surface area contributed by atoms with Gasteiger partial charge in [-0.05, 0) is 54.8 Å². The Morgan fingerprint density at radius 3 is 2.49 bits per heavy atom. The number of carbonyl (C=O) groups is 2. The molecule has 5 rings (SSSR count). The van der Waals surface area contributed by atoms with Crippen LogP contribution in [0.2, 0.25) is 0 Å². The summed E-state index contributed by atoms with van der Waals surface area (Å²) in [6.45, 7) is 1.83. The van der Waals surface area contributed by atoms with E-state index in [1.807, 2.05) is 28.8 Å². The Bertz CT molecular complexity index is 1200. The second-order valence-corrected chi connectivity index (χ2v) is 8.83. The number of fused-ring (bicyclic) bond motifs is 1. The van der Waals surface area contributed by atoms with Crippen molar-refractivity contribution in [1.82, 2.24) is 14.5 Å². The minimum Gasteiger partial charge on any atom is -0.497 e. The van der Waals surface area contributed by atoms with Gasteiger partial charge in [0, 0.05) is 24.7 Å². The lowest BCUT2D eigenvalue weighted by Crippen LogP contribution is -2.42. The molecule has 0 unspecified atom stereocenters. The SMILES string of the molecule is COc1ccc([C@@H]2Cn3cnc(C(=O)N4CCC(C(=O)Nc5ccc(F)cc5)CC4)c3CO2)cc1. The molecule has 0 radical (unpaired) electrons. The molecule has 1 aromatic heterocycles. The van der Waals surface area contributed by atoms with E-state index in [9.17, 15) is 14.0 Å². The first-order chi connectivity index (χ1) is 17.0. The van der Waals surface area contributed by atoms with Gasteiger partial charge < -0.3 is 24.3 Å². The van der Waals surface area contributed by atoms with E-state index in [0.29, 0.717) is 50.5 Å². The number of anilines is 1. The minimum absolute atomic E-state index is 0.110. The summed E-state index contributed by atoms with van der Waals surface area (Å²) in [6, 6.07) is 13.5. The van der Waals surface area contributed by atoms with Crippen molar-refractivity contribution in [3.63, 3.8) is 0 Å². The summed E-state index contributed by atoms with van der Waals surface area (Å²) in [7, 11) is 1.63. The molecule has 0 spiro atoms. The monoisotopic (exact) mass is 478 g/mol. The van der Waals surface area contributed by atoms with E-state index >= 15 is 0 Å². The highest BCUT2D eigenvalue weighted by molar-refractivity contribution is 5.95. The molecule has 0 aliphatic carbocycles. The first-order valence-electron chi connectivity index (χ1n) is 11.7. The number of ether oxygens (including phenoxy) is 2. The summed E-state index contributed by atoms with van der Waals surface area (Å²) < 4.78 is 26.3. The van der Waals surface area contributed by atoms with E-state index in [4.69, 9.17) is 9.47 Å². The third kappa shape index (κ3) is 4.90. The third-order valence-corrected chi connectivity index (χ3v) is 6.68. The smallest absolute Gasteiger partial charge is 0.274 e. The first-order valence-corrected chi connectivity index (χ1v) is 11.7. The number of methoxy groups -OCH3 is 1. The summed E-state index contributed by atoms with van der Waals surface area (Å²) in [5, 5.41) is 2.83. The predicted octanol–water partition coefficient (Wildman–Crippen LogP) is 3.79. The van der Waals surface area contributed by atoms with Crippen LogP contribution in [0.25, 0.3) is 0 Å². The maximum atomic E-state index is 13.2. The van der Waals surface area contributed by atoms with Gasteiger partial charge >= 0.3 is 0 Å². The number of rotatable bonds is 5. The second kappa shape index (κ2) is 9.87. The number of amides is 2. The molecule has 3 aromatic rings. The number of imidazole rings is 1. The van der Waals surface area contributed by atoms with Crippen LogP contribution in [-0.4, -0.2) is 46.5 Å². The van der Waals surface area contributed by atoms with Gasteiger partial charge in [0.1, 0.15) is 17.7 Å². The van der Waals surface area contributed by atoms with Crippen molar-refractivity contribution in [3.05, 3.63) is 77.6 Å². The fourth-order valence-corrected chi connectivity index (χ4v) is 4.60. The van der Waals surface area contributed by atoms with Gasteiger partial charge in [-0.15, -0.1) is 0 Å². The quantitative estimate of drug-likeness (QED) is 0.603. The number of nitrogens with one attached hydrogen (secondary N) is 1. The highest BCUT2D eigenvalue weighted by Crippen LogP contribution is 2.30. The van der Waals surface area contributed by atoms with Crippen molar-refractivity contribution in [2.75, 3.05) is 25.5 Å². The van der Waals surface area contributed by atoms with E-state index in [1.165, 1.54) is 24.3 Å². The highest BCUT2D eigenvalue weighted by Gasteiger charge is 2.32.